The Morgan fingerprint density at radius 3 is 2.33 bits per heavy atom. The minimum Gasteiger partial charge on any atom is -0.777 e. The molecule has 3 aromatic rings. The van der Waals surface area contributed by atoms with Gasteiger partial charge in [-0.1, -0.05) is 62.4 Å². The van der Waals surface area contributed by atoms with Gasteiger partial charge in [0.2, 0.25) is 18.2 Å². The molecule has 19 nitrogen and oxygen atoms in total. The molecule has 5 atom stereocenters. The minimum absolute atomic E-state index is 0.0542. The van der Waals surface area contributed by atoms with Gasteiger partial charge in [0.15, 0.2) is 13.1 Å². The predicted molar refractivity (Wildman–Crippen MR) is 205 cm³/mol. The highest BCUT2D eigenvalue weighted by atomic mass is 31.2. The smallest absolute Gasteiger partial charge is 0.485 e. The van der Waals surface area contributed by atoms with Crippen LogP contribution in [0.2, 0.25) is 0 Å². The summed E-state index contributed by atoms with van der Waals surface area (Å²) >= 11 is 0. The number of aliphatic hydroxyl groups is 1. The van der Waals surface area contributed by atoms with Crippen molar-refractivity contribution in [2.24, 2.45) is 5.92 Å². The maximum absolute atomic E-state index is 13.9. The largest absolute Gasteiger partial charge is 0.777 e. The van der Waals surface area contributed by atoms with E-state index in [2.05, 4.69) is 20.6 Å². The van der Waals surface area contributed by atoms with E-state index in [9.17, 15) is 33.5 Å². The van der Waals surface area contributed by atoms with Crippen molar-refractivity contribution in [2.45, 2.75) is 70.2 Å². The summed E-state index contributed by atoms with van der Waals surface area (Å²) in [6, 6.07) is 13.5. The van der Waals surface area contributed by atoms with E-state index in [-0.39, 0.29) is 44.3 Å². The zero-order valence-electron chi connectivity index (χ0n) is 31.4. The number of aliphatic hydroxyl groups excluding tert-OH is 1. The molecule has 4 unspecified atom stereocenters. The average molecular weight is 832 g/mol. The first-order chi connectivity index (χ1) is 26.9. The molecule has 1 aliphatic heterocycles. The van der Waals surface area contributed by atoms with Gasteiger partial charge in [-0.15, -0.1) is 0 Å². The highest BCUT2D eigenvalue weighted by Gasteiger charge is 2.38. The molecule has 3 amide bonds. The van der Waals surface area contributed by atoms with Crippen LogP contribution in [0.25, 0.3) is 0 Å². The second-order valence-corrected chi connectivity index (χ2v) is 17.2. The zero-order valence-corrected chi connectivity index (χ0v) is 33.2. The molecule has 308 valence electrons. The maximum Gasteiger partial charge on any atom is 0.485 e. The Kier molecular flexibility index (Phi) is 16.6. The number of benzene rings is 2. The number of rotatable bonds is 19. The van der Waals surface area contributed by atoms with Crippen LogP contribution in [0.3, 0.4) is 0 Å². The lowest BCUT2D eigenvalue weighted by Crippen LogP contribution is -2.55. The quantitative estimate of drug-likeness (QED) is 0.0291. The summed E-state index contributed by atoms with van der Waals surface area (Å²) in [5, 5.41) is 18.0. The van der Waals surface area contributed by atoms with Crippen LogP contribution >= 0.6 is 15.2 Å². The van der Waals surface area contributed by atoms with Gasteiger partial charge in [0.05, 0.1) is 32.0 Å². The first kappa shape index (κ1) is 45.4. The second-order valence-electron chi connectivity index (χ2n) is 13.4. The van der Waals surface area contributed by atoms with E-state index in [4.69, 9.17) is 28.7 Å². The summed E-state index contributed by atoms with van der Waals surface area (Å²) in [4.78, 5) is 87.1. The lowest BCUT2D eigenvalue weighted by molar-refractivity contribution is -0.195. The van der Waals surface area contributed by atoms with E-state index in [1.165, 1.54) is 23.5 Å². The number of nitrogens with zero attached hydrogens (tertiary/aromatic N) is 3. The number of anilines is 1. The fourth-order valence-electron chi connectivity index (χ4n) is 5.46. The number of carbonyl (C=O) groups excluding carboxylic acids is 3. The molecule has 0 bridgehead atoms. The first-order valence-corrected chi connectivity index (χ1v) is 21.1. The number of carbonyl (C=O) groups is 3. The van der Waals surface area contributed by atoms with Gasteiger partial charge in [0, 0.05) is 38.0 Å². The number of nitrogens with one attached hydrogen (secondary N) is 3. The van der Waals surface area contributed by atoms with Crippen LogP contribution in [0, 0.1) is 5.92 Å². The van der Waals surface area contributed by atoms with E-state index in [0.717, 1.165) is 16.7 Å². The van der Waals surface area contributed by atoms with Gasteiger partial charge in [0.25, 0.3) is 5.91 Å². The van der Waals surface area contributed by atoms with Gasteiger partial charge in [-0.25, -0.2) is 4.98 Å². The molecule has 0 aliphatic carbocycles. The molecule has 0 radical (unpaired) electrons. The molecule has 4 rings (SSSR count). The molecule has 57 heavy (non-hydrogen) atoms. The molecule has 2 heterocycles. The Balaban J connectivity index is 1.38. The summed E-state index contributed by atoms with van der Waals surface area (Å²) in [5.41, 5.74) is 0.125. The number of hydrogen-bond acceptors (Lipinski definition) is 13. The number of allylic oxidation sites excluding steroid dienone is 1. The van der Waals surface area contributed by atoms with Crippen molar-refractivity contribution in [3.05, 3.63) is 102 Å². The van der Waals surface area contributed by atoms with Crippen LogP contribution < -0.4 is 25.7 Å². The number of fused-ring (bicyclic) bond motifs is 1. The van der Waals surface area contributed by atoms with Gasteiger partial charge in [0.1, 0.15) is 11.7 Å². The van der Waals surface area contributed by atoms with E-state index >= 15 is 0 Å². The molecular weight excluding hydrogens is 785 g/mol. The topological polar surface area (TPSA) is 282 Å². The third-order valence-corrected chi connectivity index (χ3v) is 11.8. The van der Waals surface area contributed by atoms with Crippen molar-refractivity contribution in [2.75, 3.05) is 18.6 Å². The summed E-state index contributed by atoms with van der Waals surface area (Å²) in [6.45, 7) is 3.93. The number of hydrogen-bond donors (Lipinski definition) is 7. The molecule has 1 aromatic heterocycles. The van der Waals surface area contributed by atoms with Crippen LogP contribution in [-0.4, -0.2) is 92.2 Å². The Bertz CT molecular complexity index is 1910. The van der Waals surface area contributed by atoms with Crippen molar-refractivity contribution in [1.29, 1.82) is 0 Å². The molecule has 1 aliphatic rings. The van der Waals surface area contributed by atoms with Crippen molar-refractivity contribution in [3.63, 3.8) is 0 Å². The van der Waals surface area contributed by atoms with Gasteiger partial charge in [-0.2, -0.15) is 0 Å². The maximum atomic E-state index is 13.9. The second kappa shape index (κ2) is 20.9. The lowest BCUT2D eigenvalue weighted by atomic mass is 9.77. The fourth-order valence-corrected chi connectivity index (χ4v) is 7.60. The van der Waals surface area contributed by atoms with Gasteiger partial charge < -0.3 is 64.1 Å². The molecule has 2 aromatic carbocycles. The van der Waals surface area contributed by atoms with Gasteiger partial charge >= 0.3 is 14.7 Å². The Labute approximate surface area is 329 Å². The van der Waals surface area contributed by atoms with Crippen LogP contribution in [0.5, 0.6) is 0 Å². The normalized spacial score (nSPS) is 16.4. The van der Waals surface area contributed by atoms with Gasteiger partial charge in [-0.3, -0.25) is 23.9 Å². The predicted octanol–water partition coefficient (Wildman–Crippen LogP) is 0.921. The van der Waals surface area contributed by atoms with Crippen molar-refractivity contribution in [1.82, 2.24) is 25.9 Å². The van der Waals surface area contributed by atoms with Gasteiger partial charge in [-0.05, 0) is 41.2 Å². The van der Waals surface area contributed by atoms with Crippen molar-refractivity contribution in [3.8, 4) is 0 Å². The summed E-state index contributed by atoms with van der Waals surface area (Å²) in [6.07, 6.45) is 6.01. The number of ether oxygens (including phenoxy) is 1. The molecule has 0 saturated carbocycles. The van der Waals surface area contributed by atoms with Crippen molar-refractivity contribution >= 4 is 45.7 Å². The Hall–Kier alpha value is -4.33. The molecule has 0 spiro atoms. The van der Waals surface area contributed by atoms with Crippen molar-refractivity contribution < 1.29 is 62.2 Å². The van der Waals surface area contributed by atoms with E-state index < -0.39 is 70.4 Å². The Morgan fingerprint density at radius 1 is 1.00 bits per heavy atom. The SMILES string of the molecule is CC(C)/C=C/C(NC(=O)[C@H](Cc1ccccc1)NC(=O)c1cnccn1)B1OCc2ccc(N(C)C(O)OCCCC(=O)NC(P(=O)([O-])O)P(=O)(O)O)cc2CO1. The van der Waals surface area contributed by atoms with Crippen LogP contribution in [0.15, 0.2) is 79.3 Å². The molecule has 0 saturated heterocycles. The molecule has 0 fully saturated rings. The van der Waals surface area contributed by atoms with E-state index in [0.29, 0.717) is 5.69 Å². The van der Waals surface area contributed by atoms with Crippen LogP contribution in [0.1, 0.15) is 53.9 Å². The molecular formula is C35H46BN6O13P2-. The standard InChI is InChI=1S/C35H47BN6O13P2/c1-23(2)11-14-30(40-32(44)28(18-24-8-5-4-6-9-24)39-33(45)29-20-37-15-16-38-29)36-54-21-25-12-13-27(19-26(25)22-55-36)42(3)35(46)53-17-7-10-31(43)41-34(56(47,48)49)57(50,51)52/h4-6,8-9,11-16,19-20,23,28,30,34-35,46H,7,10,17-18,21-22H2,1-3H3,(H,39,45)(H,40,44)(H,41,43)(H2,47,48,49)(H2,50,51,52)/p-1/b14-11+/t28-,30?,35?/m0/s1. The summed E-state index contributed by atoms with van der Waals surface area (Å²) in [5.74, 6) is -2.76. The van der Waals surface area contributed by atoms with Crippen LogP contribution in [0.4, 0.5) is 5.69 Å². The summed E-state index contributed by atoms with van der Waals surface area (Å²) < 4.78 is 40.4. The highest BCUT2D eigenvalue weighted by Crippen LogP contribution is 2.55. The average Bonchev–Trinajstić information content (AvgIpc) is 3.38. The minimum atomic E-state index is -5.59. The van der Waals surface area contributed by atoms with E-state index in [1.807, 2.05) is 50.3 Å². The third kappa shape index (κ3) is 14.2. The molecule has 22 heteroatoms. The number of aromatic nitrogens is 2. The van der Waals surface area contributed by atoms with Crippen LogP contribution in [-0.2, 0) is 52.4 Å². The highest BCUT2D eigenvalue weighted by molar-refractivity contribution is 7.70. The number of amides is 3. The molecule has 7 N–H and O–H groups in total. The third-order valence-electron chi connectivity index (χ3n) is 8.47. The van der Waals surface area contributed by atoms with E-state index in [1.54, 1.807) is 36.6 Å². The zero-order chi connectivity index (χ0) is 41.8. The fraction of sp³-hybridized carbons (Fsp3) is 0.400. The first-order valence-electron chi connectivity index (χ1n) is 17.8. The lowest BCUT2D eigenvalue weighted by Gasteiger charge is -2.28. The monoisotopic (exact) mass is 831 g/mol. The Morgan fingerprint density at radius 2 is 1.70 bits per heavy atom. The summed E-state index contributed by atoms with van der Waals surface area (Å²) in [7, 11) is -10.4.